The molecule has 0 N–H and O–H groups in total. The first-order chi connectivity index (χ1) is 5.63. The van der Waals surface area contributed by atoms with Gasteiger partial charge < -0.3 is 0 Å². The number of pyridine rings is 1. The van der Waals surface area contributed by atoms with Crippen LogP contribution < -0.4 is 0 Å². The molecule has 0 spiro atoms. The molecule has 1 aromatic heterocycles. The van der Waals surface area contributed by atoms with Crippen LogP contribution in [0.15, 0.2) is 12.1 Å². The summed E-state index contributed by atoms with van der Waals surface area (Å²) in [4.78, 5) is 13.7. The molecule has 12 heavy (non-hydrogen) atoms. The second-order valence-corrected chi connectivity index (χ2v) is 2.29. The summed E-state index contributed by atoms with van der Waals surface area (Å²) in [6.07, 6.45) is 0. The van der Waals surface area contributed by atoms with Crippen LogP contribution >= 0.6 is 11.6 Å². The van der Waals surface area contributed by atoms with Crippen molar-refractivity contribution in [3.05, 3.63) is 29.3 Å². The summed E-state index contributed by atoms with van der Waals surface area (Å²) in [6, 6.07) is 3.60. The van der Waals surface area contributed by atoms with Gasteiger partial charge in [0.15, 0.2) is 0 Å². The fourth-order valence-electron chi connectivity index (χ4n) is 0.668. The predicted octanol–water partition coefficient (Wildman–Crippen LogP) is 1.47. The molecule has 60 valence electrons. The molecule has 3 nitrogen and oxygen atoms in total. The number of rotatable bonds is 1. The van der Waals surface area contributed by atoms with Crippen LogP contribution in [0.4, 0.5) is 4.39 Å². The van der Waals surface area contributed by atoms with Gasteiger partial charge in [-0.05, 0) is 17.7 Å². The Morgan fingerprint density at radius 1 is 1.67 bits per heavy atom. The van der Waals surface area contributed by atoms with E-state index < -0.39 is 11.2 Å². The Balaban J connectivity index is 3.26. The van der Waals surface area contributed by atoms with Gasteiger partial charge in [0.25, 0.3) is 5.24 Å². The Hall–Kier alpha value is -1.47. The molecular formula is C7H2ClFN2O. The maximum atomic E-state index is 12.5. The maximum Gasteiger partial charge on any atom is 0.252 e. The first kappa shape index (κ1) is 8.62. The van der Waals surface area contributed by atoms with E-state index in [1.54, 1.807) is 6.07 Å². The number of nitriles is 1. The number of carbonyl (C=O) groups is 1. The van der Waals surface area contributed by atoms with E-state index in [1.165, 1.54) is 0 Å². The molecule has 1 rings (SSSR count). The lowest BCUT2D eigenvalue weighted by molar-refractivity contribution is 0.108. The number of hydrogen-bond acceptors (Lipinski definition) is 3. The summed E-state index contributed by atoms with van der Waals surface area (Å²) in [5.74, 6) is -0.891. The highest BCUT2D eigenvalue weighted by Gasteiger charge is 2.06. The first-order valence-electron chi connectivity index (χ1n) is 2.91. The predicted molar refractivity (Wildman–Crippen MR) is 39.1 cm³/mol. The van der Waals surface area contributed by atoms with Crippen molar-refractivity contribution in [2.45, 2.75) is 0 Å². The Morgan fingerprint density at radius 2 is 2.33 bits per heavy atom. The average Bonchev–Trinajstić information content (AvgIpc) is 2.03. The zero-order valence-corrected chi connectivity index (χ0v) is 6.47. The second kappa shape index (κ2) is 3.28. The SMILES string of the molecule is N#Cc1cc(C(=O)Cl)cc(F)n1. The van der Waals surface area contributed by atoms with Crippen molar-refractivity contribution < 1.29 is 9.18 Å². The molecule has 0 unspecified atom stereocenters. The lowest BCUT2D eigenvalue weighted by atomic mass is 10.2. The van der Waals surface area contributed by atoms with Gasteiger partial charge >= 0.3 is 0 Å². The smallest absolute Gasteiger partial charge is 0.252 e. The zero-order chi connectivity index (χ0) is 9.14. The van der Waals surface area contributed by atoms with Crippen molar-refractivity contribution in [1.29, 1.82) is 5.26 Å². The summed E-state index contributed by atoms with van der Waals surface area (Å²) in [6.45, 7) is 0. The third-order valence-electron chi connectivity index (χ3n) is 1.14. The first-order valence-corrected chi connectivity index (χ1v) is 3.29. The monoisotopic (exact) mass is 184 g/mol. The lowest BCUT2D eigenvalue weighted by Crippen LogP contribution is -1.95. The number of aromatic nitrogens is 1. The summed E-state index contributed by atoms with van der Waals surface area (Å²) >= 11 is 5.06. The van der Waals surface area contributed by atoms with Crippen LogP contribution in [0.1, 0.15) is 16.1 Å². The molecule has 0 aliphatic heterocycles. The number of hydrogen-bond donors (Lipinski definition) is 0. The van der Waals surface area contributed by atoms with E-state index in [0.717, 1.165) is 12.1 Å². The van der Waals surface area contributed by atoms with Gasteiger partial charge in [0.2, 0.25) is 5.95 Å². The number of nitrogens with zero attached hydrogens (tertiary/aromatic N) is 2. The van der Waals surface area contributed by atoms with Crippen LogP contribution in [0.25, 0.3) is 0 Å². The average molecular weight is 185 g/mol. The van der Waals surface area contributed by atoms with E-state index in [2.05, 4.69) is 4.98 Å². The van der Waals surface area contributed by atoms with Gasteiger partial charge in [-0.1, -0.05) is 0 Å². The van der Waals surface area contributed by atoms with Gasteiger partial charge in [0.1, 0.15) is 11.8 Å². The van der Waals surface area contributed by atoms with E-state index in [-0.39, 0.29) is 11.3 Å². The topological polar surface area (TPSA) is 53.8 Å². The van der Waals surface area contributed by atoms with Crippen molar-refractivity contribution in [2.75, 3.05) is 0 Å². The highest BCUT2D eigenvalue weighted by atomic mass is 35.5. The van der Waals surface area contributed by atoms with Crippen molar-refractivity contribution in [3.63, 3.8) is 0 Å². The van der Waals surface area contributed by atoms with E-state index in [9.17, 15) is 9.18 Å². The van der Waals surface area contributed by atoms with Crippen LogP contribution in [0.5, 0.6) is 0 Å². The van der Waals surface area contributed by atoms with Crippen molar-refractivity contribution in [3.8, 4) is 6.07 Å². The molecule has 0 fully saturated rings. The maximum absolute atomic E-state index is 12.5. The Morgan fingerprint density at radius 3 is 2.83 bits per heavy atom. The minimum Gasteiger partial charge on any atom is -0.276 e. The summed E-state index contributed by atoms with van der Waals surface area (Å²) in [5.41, 5.74) is -0.236. The van der Waals surface area contributed by atoms with Gasteiger partial charge in [0.05, 0.1) is 0 Å². The Bertz CT molecular complexity index is 372. The molecule has 0 bridgehead atoms. The quantitative estimate of drug-likeness (QED) is 0.491. The van der Waals surface area contributed by atoms with Crippen LogP contribution in [0, 0.1) is 17.3 Å². The fourth-order valence-corrected chi connectivity index (χ4v) is 0.777. The summed E-state index contributed by atoms with van der Waals surface area (Å²) in [5, 5.41) is 7.52. The van der Waals surface area contributed by atoms with Gasteiger partial charge in [-0.2, -0.15) is 9.65 Å². The van der Waals surface area contributed by atoms with Crippen LogP contribution in [-0.4, -0.2) is 10.2 Å². The van der Waals surface area contributed by atoms with E-state index in [0.29, 0.717) is 0 Å². The van der Waals surface area contributed by atoms with Gasteiger partial charge in [-0.25, -0.2) is 4.98 Å². The third kappa shape index (κ3) is 1.77. The van der Waals surface area contributed by atoms with Crippen LogP contribution in [-0.2, 0) is 0 Å². The van der Waals surface area contributed by atoms with Crippen molar-refractivity contribution in [1.82, 2.24) is 4.98 Å². The molecule has 1 aromatic rings. The largest absolute Gasteiger partial charge is 0.276 e. The summed E-state index contributed by atoms with van der Waals surface area (Å²) < 4.78 is 12.5. The second-order valence-electron chi connectivity index (χ2n) is 1.95. The number of carbonyl (C=O) groups excluding carboxylic acids is 1. The molecule has 1 heterocycles. The molecule has 0 radical (unpaired) electrons. The minimum absolute atomic E-state index is 0.0688. The van der Waals surface area contributed by atoms with E-state index >= 15 is 0 Å². The molecule has 0 amide bonds. The fraction of sp³-hybridized carbons (Fsp3) is 0. The third-order valence-corrected chi connectivity index (χ3v) is 1.35. The molecular weight excluding hydrogens is 183 g/mol. The highest BCUT2D eigenvalue weighted by molar-refractivity contribution is 6.67. The highest BCUT2D eigenvalue weighted by Crippen LogP contribution is 2.07. The standard InChI is InChI=1S/C7H2ClFN2O/c8-7(12)4-1-5(3-10)11-6(9)2-4/h1-2H. The lowest BCUT2D eigenvalue weighted by Gasteiger charge is -1.93. The van der Waals surface area contributed by atoms with Crippen molar-refractivity contribution in [2.24, 2.45) is 0 Å². The van der Waals surface area contributed by atoms with Crippen LogP contribution in [0.3, 0.4) is 0 Å². The molecule has 0 aliphatic carbocycles. The minimum atomic E-state index is -0.891. The molecule has 0 saturated heterocycles. The number of halogens is 2. The normalized spacial score (nSPS) is 9.08. The zero-order valence-electron chi connectivity index (χ0n) is 5.71. The molecule has 0 saturated carbocycles. The Labute approximate surface area is 72.4 Å². The van der Waals surface area contributed by atoms with Gasteiger partial charge in [-0.15, -0.1) is 0 Å². The molecule has 0 atom stereocenters. The van der Waals surface area contributed by atoms with Crippen LogP contribution in [0.2, 0.25) is 0 Å². The van der Waals surface area contributed by atoms with Crippen molar-refractivity contribution >= 4 is 16.8 Å². The Kier molecular flexibility index (Phi) is 2.36. The van der Waals surface area contributed by atoms with E-state index in [1.807, 2.05) is 0 Å². The summed E-state index contributed by atoms with van der Waals surface area (Å²) in [7, 11) is 0. The van der Waals surface area contributed by atoms with Gasteiger partial charge in [0, 0.05) is 11.6 Å². The van der Waals surface area contributed by atoms with Gasteiger partial charge in [-0.3, -0.25) is 4.79 Å². The molecule has 0 aliphatic rings. The molecule has 5 heteroatoms. The molecule has 0 aromatic carbocycles. The van der Waals surface area contributed by atoms with E-state index in [4.69, 9.17) is 16.9 Å².